The Kier molecular flexibility index (Phi) is 7.34. The van der Waals surface area contributed by atoms with Crippen LogP contribution in [0.25, 0.3) is 10.8 Å². The van der Waals surface area contributed by atoms with Gasteiger partial charge in [0, 0.05) is 43.3 Å². The smallest absolute Gasteiger partial charge is 0.243 e. The summed E-state index contributed by atoms with van der Waals surface area (Å²) in [4.78, 5) is 18.2. The van der Waals surface area contributed by atoms with Gasteiger partial charge in [0.15, 0.2) is 0 Å². The number of likely N-dealkylation sites (N-methyl/N-ethyl adjacent to an activating group) is 1. The first-order chi connectivity index (χ1) is 15.7. The lowest BCUT2D eigenvalue weighted by Gasteiger charge is -2.44. The van der Waals surface area contributed by atoms with Crippen molar-refractivity contribution in [1.29, 1.82) is 0 Å². The topological polar surface area (TPSA) is 60.9 Å². The molecule has 0 radical (unpaired) electrons. The molecule has 6 nitrogen and oxygen atoms in total. The van der Waals surface area contributed by atoms with Crippen LogP contribution in [0.2, 0.25) is 5.02 Å². The van der Waals surface area contributed by atoms with Crippen molar-refractivity contribution in [1.82, 2.24) is 14.1 Å². The average Bonchev–Trinajstić information content (AvgIpc) is 2.80. The van der Waals surface area contributed by atoms with E-state index in [1.807, 2.05) is 24.0 Å². The van der Waals surface area contributed by atoms with Gasteiger partial charge in [-0.3, -0.25) is 4.79 Å². The number of piperidine rings is 2. The summed E-state index contributed by atoms with van der Waals surface area (Å²) in [5.74, 6) is -0.0396. The quantitative estimate of drug-likeness (QED) is 0.602. The van der Waals surface area contributed by atoms with Gasteiger partial charge in [0.1, 0.15) is 6.04 Å². The molecule has 0 aromatic heterocycles. The molecule has 8 heteroatoms. The van der Waals surface area contributed by atoms with Crippen LogP contribution in [0.15, 0.2) is 41.3 Å². The van der Waals surface area contributed by atoms with Crippen LogP contribution in [0.5, 0.6) is 0 Å². The molecule has 2 aliphatic heterocycles. The maximum absolute atomic E-state index is 13.6. The number of amides is 1. The van der Waals surface area contributed by atoms with Crippen LogP contribution in [-0.2, 0) is 14.8 Å². The number of benzene rings is 2. The van der Waals surface area contributed by atoms with Crippen molar-refractivity contribution >= 4 is 38.3 Å². The Hall–Kier alpha value is -1.67. The summed E-state index contributed by atoms with van der Waals surface area (Å²) in [7, 11) is -3.81. The van der Waals surface area contributed by atoms with E-state index < -0.39 is 16.1 Å². The number of carbonyl (C=O) groups excluding carboxylic acids is 1. The molecular weight excluding hydrogens is 458 g/mol. The van der Waals surface area contributed by atoms with Crippen molar-refractivity contribution in [2.75, 3.05) is 26.2 Å². The molecule has 33 heavy (non-hydrogen) atoms. The van der Waals surface area contributed by atoms with Gasteiger partial charge in [0.25, 0.3) is 0 Å². The first kappa shape index (κ1) is 24.5. The standard InChI is InChI=1S/C25H34ClN3O3S/c1-4-29(33(31,32)23-10-8-19-16-21(26)9-7-20(19)17-23)24-6-5-13-28(25(24)30)22-11-14-27(15-12-22)18(2)3/h7-10,16-18,22,24H,4-6,11-15H2,1-3H3. The van der Waals surface area contributed by atoms with Gasteiger partial charge in [0.2, 0.25) is 15.9 Å². The van der Waals surface area contributed by atoms with E-state index in [1.54, 1.807) is 24.3 Å². The van der Waals surface area contributed by atoms with Gasteiger partial charge in [-0.2, -0.15) is 4.31 Å². The van der Waals surface area contributed by atoms with E-state index in [4.69, 9.17) is 11.6 Å². The fraction of sp³-hybridized carbons (Fsp3) is 0.560. The summed E-state index contributed by atoms with van der Waals surface area (Å²) in [6.45, 7) is 9.15. The van der Waals surface area contributed by atoms with E-state index in [1.165, 1.54) is 4.31 Å². The van der Waals surface area contributed by atoms with Gasteiger partial charge < -0.3 is 9.80 Å². The van der Waals surface area contributed by atoms with Crippen LogP contribution in [0, 0.1) is 0 Å². The van der Waals surface area contributed by atoms with Crippen molar-refractivity contribution in [2.24, 2.45) is 0 Å². The molecule has 2 aliphatic rings. The maximum atomic E-state index is 13.6. The monoisotopic (exact) mass is 491 g/mol. The highest BCUT2D eigenvalue weighted by Crippen LogP contribution is 2.30. The normalized spacial score (nSPS) is 21.5. The minimum absolute atomic E-state index is 0.0396. The van der Waals surface area contributed by atoms with E-state index in [-0.39, 0.29) is 23.4 Å². The first-order valence-corrected chi connectivity index (χ1v) is 13.8. The zero-order valence-corrected chi connectivity index (χ0v) is 21.3. The molecular formula is C25H34ClN3O3S. The number of rotatable bonds is 6. The Labute approximate surface area is 202 Å². The molecule has 1 atom stereocenters. The number of likely N-dealkylation sites (tertiary alicyclic amines) is 2. The predicted octanol–water partition coefficient (Wildman–Crippen LogP) is 4.37. The molecule has 2 aromatic carbocycles. The van der Waals surface area contributed by atoms with E-state index in [9.17, 15) is 13.2 Å². The number of sulfonamides is 1. The van der Waals surface area contributed by atoms with E-state index in [0.717, 1.165) is 49.7 Å². The maximum Gasteiger partial charge on any atom is 0.243 e. The number of halogens is 1. The number of hydrogen-bond donors (Lipinski definition) is 0. The molecule has 0 bridgehead atoms. The Morgan fingerprint density at radius 1 is 1.03 bits per heavy atom. The molecule has 1 unspecified atom stereocenters. The summed E-state index contributed by atoms with van der Waals surface area (Å²) in [6, 6.07) is 10.5. The highest BCUT2D eigenvalue weighted by atomic mass is 35.5. The van der Waals surface area contributed by atoms with Crippen molar-refractivity contribution in [2.45, 2.75) is 69.5 Å². The molecule has 2 aromatic rings. The van der Waals surface area contributed by atoms with Crippen molar-refractivity contribution in [3.63, 3.8) is 0 Å². The van der Waals surface area contributed by atoms with Gasteiger partial charge in [0.05, 0.1) is 4.90 Å². The van der Waals surface area contributed by atoms with Crippen LogP contribution in [-0.4, -0.2) is 72.7 Å². The fourth-order valence-corrected chi connectivity index (χ4v) is 7.11. The average molecular weight is 492 g/mol. The molecule has 4 rings (SSSR count). The second kappa shape index (κ2) is 9.90. The van der Waals surface area contributed by atoms with E-state index in [0.29, 0.717) is 17.5 Å². The fourth-order valence-electron chi connectivity index (χ4n) is 5.27. The van der Waals surface area contributed by atoms with Crippen LogP contribution >= 0.6 is 11.6 Å². The molecule has 2 heterocycles. The Morgan fingerprint density at radius 3 is 2.36 bits per heavy atom. The number of carbonyl (C=O) groups is 1. The van der Waals surface area contributed by atoms with Crippen LogP contribution in [0.4, 0.5) is 0 Å². The molecule has 0 N–H and O–H groups in total. The minimum Gasteiger partial charge on any atom is -0.338 e. The summed E-state index contributed by atoms with van der Waals surface area (Å²) >= 11 is 6.07. The second-order valence-corrected chi connectivity index (χ2v) is 11.7. The third-order valence-electron chi connectivity index (χ3n) is 7.15. The molecule has 0 spiro atoms. The molecule has 0 saturated carbocycles. The van der Waals surface area contributed by atoms with Gasteiger partial charge in [-0.05, 0) is 74.6 Å². The summed E-state index contributed by atoms with van der Waals surface area (Å²) in [5.41, 5.74) is 0. The van der Waals surface area contributed by atoms with Crippen molar-refractivity contribution in [3.8, 4) is 0 Å². The third-order valence-corrected chi connectivity index (χ3v) is 9.37. The van der Waals surface area contributed by atoms with Crippen molar-refractivity contribution < 1.29 is 13.2 Å². The molecule has 0 aliphatic carbocycles. The summed E-state index contributed by atoms with van der Waals surface area (Å²) < 4.78 is 28.7. The van der Waals surface area contributed by atoms with Crippen LogP contribution in [0.3, 0.4) is 0 Å². The van der Waals surface area contributed by atoms with Crippen molar-refractivity contribution in [3.05, 3.63) is 41.4 Å². The summed E-state index contributed by atoms with van der Waals surface area (Å²) in [6.07, 6.45) is 3.28. The Balaban J connectivity index is 1.56. The third kappa shape index (κ3) is 4.92. The second-order valence-electron chi connectivity index (χ2n) is 9.41. The lowest BCUT2D eigenvalue weighted by atomic mass is 9.96. The zero-order valence-electron chi connectivity index (χ0n) is 19.7. The predicted molar refractivity (Wildman–Crippen MR) is 133 cm³/mol. The van der Waals surface area contributed by atoms with Gasteiger partial charge in [-0.1, -0.05) is 30.7 Å². The van der Waals surface area contributed by atoms with Crippen LogP contribution in [0.1, 0.15) is 46.5 Å². The molecule has 2 fully saturated rings. The first-order valence-electron chi connectivity index (χ1n) is 12.0. The minimum atomic E-state index is -3.81. The molecule has 2 saturated heterocycles. The summed E-state index contributed by atoms with van der Waals surface area (Å²) in [5, 5.41) is 2.31. The van der Waals surface area contributed by atoms with Gasteiger partial charge in [-0.15, -0.1) is 0 Å². The molecule has 180 valence electrons. The SMILES string of the molecule is CCN(C1CCCN(C2CCN(C(C)C)CC2)C1=O)S(=O)(=O)c1ccc2cc(Cl)ccc2c1. The Morgan fingerprint density at radius 2 is 1.70 bits per heavy atom. The highest BCUT2D eigenvalue weighted by molar-refractivity contribution is 7.89. The van der Waals surface area contributed by atoms with E-state index in [2.05, 4.69) is 18.7 Å². The lowest BCUT2D eigenvalue weighted by molar-refractivity contribution is -0.142. The largest absolute Gasteiger partial charge is 0.338 e. The zero-order chi connectivity index (χ0) is 23.8. The van der Waals surface area contributed by atoms with Crippen LogP contribution < -0.4 is 0 Å². The highest BCUT2D eigenvalue weighted by Gasteiger charge is 2.41. The Bertz CT molecular complexity index is 1110. The number of hydrogen-bond acceptors (Lipinski definition) is 4. The number of fused-ring (bicyclic) bond motifs is 1. The molecule has 1 amide bonds. The van der Waals surface area contributed by atoms with Gasteiger partial charge >= 0.3 is 0 Å². The number of nitrogens with zero attached hydrogens (tertiary/aromatic N) is 3. The van der Waals surface area contributed by atoms with Gasteiger partial charge in [-0.25, -0.2) is 8.42 Å². The lowest BCUT2D eigenvalue weighted by Crippen LogP contribution is -2.58. The van der Waals surface area contributed by atoms with E-state index >= 15 is 0 Å².